The fourth-order valence-corrected chi connectivity index (χ4v) is 8.59. The van der Waals surface area contributed by atoms with E-state index in [1.165, 1.54) is 32.1 Å². The maximum atomic E-state index is 12.2. The van der Waals surface area contributed by atoms with E-state index < -0.39 is 0 Å². The number of hydrogen-bond donors (Lipinski definition) is 1. The topological polar surface area (TPSA) is 59.4 Å². The van der Waals surface area contributed by atoms with Crippen LogP contribution in [0, 0.1) is 45.8 Å². The number of nitrogens with one attached hydrogen (secondary N) is 1. The molecule has 1 saturated heterocycles. The molecule has 0 spiro atoms. The lowest BCUT2D eigenvalue weighted by Crippen LogP contribution is -2.55. The molecule has 0 aromatic heterocycles. The molecule has 27 heavy (non-hydrogen) atoms. The van der Waals surface area contributed by atoms with Gasteiger partial charge in [-0.25, -0.2) is 0 Å². The Kier molecular flexibility index (Phi) is 4.15. The summed E-state index contributed by atoms with van der Waals surface area (Å²) in [6.07, 6.45) is 11.4. The summed E-state index contributed by atoms with van der Waals surface area (Å²) in [5.74, 6) is 3.30. The number of rotatable bonds is 2. The zero-order valence-corrected chi connectivity index (χ0v) is 17.0. The quantitative estimate of drug-likeness (QED) is 0.719. The Morgan fingerprint density at radius 3 is 2.41 bits per heavy atom. The first kappa shape index (κ1) is 18.3. The van der Waals surface area contributed by atoms with E-state index in [2.05, 4.69) is 13.8 Å². The zero-order valence-electron chi connectivity index (χ0n) is 17.0. The van der Waals surface area contributed by atoms with E-state index in [0.29, 0.717) is 35.4 Å². The number of ether oxygens (including phenoxy) is 2. The molecule has 5 aliphatic rings. The van der Waals surface area contributed by atoms with Crippen LogP contribution in [0.15, 0.2) is 0 Å². The van der Waals surface area contributed by atoms with Crippen LogP contribution in [0.4, 0.5) is 0 Å². The molecule has 150 valence electrons. The van der Waals surface area contributed by atoms with Crippen LogP contribution in [0.1, 0.15) is 71.6 Å². The Balaban J connectivity index is 1.42. The molecule has 0 amide bonds. The van der Waals surface area contributed by atoms with Gasteiger partial charge in [-0.05, 0) is 81.0 Å². The third-order valence-corrected chi connectivity index (χ3v) is 9.73. The highest BCUT2D eigenvalue weighted by molar-refractivity contribution is 5.84. The van der Waals surface area contributed by atoms with Crippen LogP contribution in [-0.2, 0) is 14.3 Å². The number of carbonyl (C=O) groups excluding carboxylic acids is 1. The van der Waals surface area contributed by atoms with E-state index in [0.717, 1.165) is 44.3 Å². The first-order valence-corrected chi connectivity index (χ1v) is 11.2. The van der Waals surface area contributed by atoms with E-state index in [1.54, 1.807) is 6.21 Å². The number of carbonyl (C=O) groups is 1. The zero-order chi connectivity index (χ0) is 18.9. The first-order chi connectivity index (χ1) is 12.9. The van der Waals surface area contributed by atoms with Gasteiger partial charge >= 0.3 is 0 Å². The summed E-state index contributed by atoms with van der Waals surface area (Å²) < 4.78 is 12.2. The van der Waals surface area contributed by atoms with E-state index in [1.807, 2.05) is 0 Å². The predicted molar refractivity (Wildman–Crippen MR) is 104 cm³/mol. The standard InChI is InChI=1S/C23H35NO3/c1-21-9-7-17-16(8-10-23(14-24)13-15(25)3-4-19(17)23)18(21)5-6-20(21)22(2)26-11-12-27-22/h14,16-20,24H,3-13H2,1-2H3/t16?,17?,18?,19-,20+,21+,23?/m1/s1. The fraction of sp³-hybridized carbons (Fsp3) is 0.913. The van der Waals surface area contributed by atoms with Crippen LogP contribution in [0.5, 0.6) is 0 Å². The number of Topliss-reactive ketones (excluding diaryl/α,β-unsaturated/α-hetero) is 1. The molecule has 4 saturated carbocycles. The van der Waals surface area contributed by atoms with Crippen LogP contribution in [0.2, 0.25) is 0 Å². The molecule has 0 aromatic rings. The monoisotopic (exact) mass is 373 g/mol. The van der Waals surface area contributed by atoms with Crippen LogP contribution in [0.3, 0.4) is 0 Å². The van der Waals surface area contributed by atoms with Crippen molar-refractivity contribution in [3.8, 4) is 0 Å². The van der Waals surface area contributed by atoms with Crippen molar-refractivity contribution in [3.63, 3.8) is 0 Å². The SMILES string of the molecule is CC1([C@H]2CCC3C4CCC5(C=N)CC(=O)CC[C@@H]5C4CC[C@@]32C)OCCO1. The average Bonchev–Trinajstić information content (AvgIpc) is 3.25. The Bertz CT molecular complexity index is 642. The molecule has 5 fully saturated rings. The van der Waals surface area contributed by atoms with E-state index >= 15 is 0 Å². The Morgan fingerprint density at radius 2 is 1.67 bits per heavy atom. The van der Waals surface area contributed by atoms with Gasteiger partial charge in [-0.2, -0.15) is 0 Å². The third-order valence-electron chi connectivity index (χ3n) is 9.73. The second kappa shape index (κ2) is 6.13. The van der Waals surface area contributed by atoms with Crippen molar-refractivity contribution in [2.75, 3.05) is 13.2 Å². The highest BCUT2D eigenvalue weighted by Crippen LogP contribution is 2.67. The van der Waals surface area contributed by atoms with Crippen molar-refractivity contribution >= 4 is 12.0 Å². The number of hydrogen-bond acceptors (Lipinski definition) is 4. The molecule has 0 radical (unpaired) electrons. The van der Waals surface area contributed by atoms with Gasteiger partial charge < -0.3 is 14.9 Å². The summed E-state index contributed by atoms with van der Waals surface area (Å²) in [7, 11) is 0. The van der Waals surface area contributed by atoms with Crippen LogP contribution >= 0.6 is 0 Å². The van der Waals surface area contributed by atoms with Crippen molar-refractivity contribution < 1.29 is 14.3 Å². The van der Waals surface area contributed by atoms with Crippen LogP contribution in [0.25, 0.3) is 0 Å². The predicted octanol–water partition coefficient (Wildman–Crippen LogP) is 4.61. The minimum absolute atomic E-state index is 0.119. The molecule has 4 unspecified atom stereocenters. The lowest BCUT2D eigenvalue weighted by atomic mass is 9.46. The van der Waals surface area contributed by atoms with Gasteiger partial charge in [0, 0.05) is 30.4 Å². The summed E-state index contributed by atoms with van der Waals surface area (Å²) in [6.45, 7) is 6.16. The number of fused-ring (bicyclic) bond motifs is 5. The molecule has 0 aromatic carbocycles. The van der Waals surface area contributed by atoms with Gasteiger partial charge in [0.15, 0.2) is 5.79 Å². The van der Waals surface area contributed by atoms with Gasteiger partial charge in [0.1, 0.15) is 5.78 Å². The highest BCUT2D eigenvalue weighted by atomic mass is 16.7. The number of ketones is 1. The van der Waals surface area contributed by atoms with Gasteiger partial charge in [0.05, 0.1) is 13.2 Å². The minimum Gasteiger partial charge on any atom is -0.348 e. The largest absolute Gasteiger partial charge is 0.348 e. The molecular weight excluding hydrogens is 338 g/mol. The molecule has 4 heteroatoms. The summed E-state index contributed by atoms with van der Waals surface area (Å²) >= 11 is 0. The molecule has 1 heterocycles. The molecule has 0 bridgehead atoms. The van der Waals surface area contributed by atoms with Gasteiger partial charge in [-0.1, -0.05) is 6.92 Å². The normalized spacial score (nSPS) is 51.3. The highest BCUT2D eigenvalue weighted by Gasteiger charge is 2.63. The molecular formula is C23H35NO3. The second-order valence-corrected chi connectivity index (χ2v) is 10.6. The van der Waals surface area contributed by atoms with Crippen molar-refractivity contribution in [1.29, 1.82) is 5.41 Å². The van der Waals surface area contributed by atoms with Gasteiger partial charge in [0.2, 0.25) is 0 Å². The molecule has 7 atom stereocenters. The fourth-order valence-electron chi connectivity index (χ4n) is 8.59. The molecule has 1 N–H and O–H groups in total. The van der Waals surface area contributed by atoms with Crippen molar-refractivity contribution in [2.45, 2.75) is 77.4 Å². The van der Waals surface area contributed by atoms with Gasteiger partial charge in [-0.15, -0.1) is 0 Å². The van der Waals surface area contributed by atoms with E-state index in [4.69, 9.17) is 14.9 Å². The first-order valence-electron chi connectivity index (χ1n) is 11.2. The van der Waals surface area contributed by atoms with Crippen LogP contribution in [-0.4, -0.2) is 31.0 Å². The lowest BCUT2D eigenvalue weighted by Gasteiger charge is -2.59. The summed E-state index contributed by atoms with van der Waals surface area (Å²) in [4.78, 5) is 12.2. The molecule has 4 aliphatic carbocycles. The summed E-state index contributed by atoms with van der Waals surface area (Å²) in [5, 5.41) is 8.15. The van der Waals surface area contributed by atoms with Crippen molar-refractivity contribution in [3.05, 3.63) is 0 Å². The van der Waals surface area contributed by atoms with E-state index in [9.17, 15) is 4.79 Å². The maximum absolute atomic E-state index is 12.2. The second-order valence-electron chi connectivity index (χ2n) is 10.6. The van der Waals surface area contributed by atoms with E-state index in [-0.39, 0.29) is 11.2 Å². The smallest absolute Gasteiger partial charge is 0.169 e. The Morgan fingerprint density at radius 1 is 0.963 bits per heavy atom. The van der Waals surface area contributed by atoms with Gasteiger partial charge in [-0.3, -0.25) is 4.79 Å². The third kappa shape index (κ3) is 2.48. The summed E-state index contributed by atoms with van der Waals surface area (Å²) in [6, 6.07) is 0. The maximum Gasteiger partial charge on any atom is 0.169 e. The molecule has 4 nitrogen and oxygen atoms in total. The minimum atomic E-state index is -0.388. The Labute approximate surface area is 163 Å². The lowest BCUT2D eigenvalue weighted by molar-refractivity contribution is -0.215. The van der Waals surface area contributed by atoms with Crippen LogP contribution < -0.4 is 0 Å². The van der Waals surface area contributed by atoms with Crippen molar-refractivity contribution in [1.82, 2.24) is 0 Å². The summed E-state index contributed by atoms with van der Waals surface area (Å²) in [5.41, 5.74) is 0.196. The van der Waals surface area contributed by atoms with Gasteiger partial charge in [0.25, 0.3) is 0 Å². The Hall–Kier alpha value is -0.740. The molecule has 5 rings (SSSR count). The average molecular weight is 374 g/mol. The van der Waals surface area contributed by atoms with Crippen molar-refractivity contribution in [2.24, 2.45) is 40.4 Å². The molecule has 1 aliphatic heterocycles.